The highest BCUT2D eigenvalue weighted by Crippen LogP contribution is 2.26. The molecule has 0 saturated carbocycles. The van der Waals surface area contributed by atoms with Crippen LogP contribution < -0.4 is 5.32 Å². The number of likely N-dealkylation sites (N-methyl/N-ethyl adjacent to an activating group) is 1. The maximum Gasteiger partial charge on any atom is 0.304 e. The van der Waals surface area contributed by atoms with Gasteiger partial charge >= 0.3 is 5.66 Å². The normalized spacial score (nSPS) is 13.0. The fourth-order valence-electron chi connectivity index (χ4n) is 2.40. The molecule has 0 spiro atoms. The molecule has 5 heteroatoms. The average molecular weight is 307 g/mol. The van der Waals surface area contributed by atoms with Gasteiger partial charge in [-0.3, -0.25) is 10.1 Å². The first-order chi connectivity index (χ1) is 9.69. The summed E-state index contributed by atoms with van der Waals surface area (Å²) in [6.07, 6.45) is 0.318. The zero-order valence-electron chi connectivity index (χ0n) is 11.9. The van der Waals surface area contributed by atoms with E-state index < -0.39 is 5.66 Å². The Morgan fingerprint density at radius 3 is 2.05 bits per heavy atom. The van der Waals surface area contributed by atoms with E-state index in [2.05, 4.69) is 5.32 Å². The standard InChI is InChI=1S/C16H18N2O2.ClH/c1-2-17-16(18(19)20,15-11-7-4-8-12-15)13-14-9-5-3-6-10-14;/h3-12,17H,2,13H2,1H3;1H. The van der Waals surface area contributed by atoms with Crippen LogP contribution in [-0.4, -0.2) is 11.5 Å². The van der Waals surface area contributed by atoms with E-state index in [1.54, 1.807) is 12.1 Å². The van der Waals surface area contributed by atoms with Gasteiger partial charge in [0, 0.05) is 10.5 Å². The molecular weight excluding hydrogens is 288 g/mol. The molecule has 21 heavy (non-hydrogen) atoms. The zero-order valence-corrected chi connectivity index (χ0v) is 12.7. The van der Waals surface area contributed by atoms with E-state index in [1.807, 2.05) is 55.5 Å². The Kier molecular flexibility index (Phi) is 6.34. The van der Waals surface area contributed by atoms with Gasteiger partial charge in [0.1, 0.15) is 0 Å². The van der Waals surface area contributed by atoms with Gasteiger partial charge in [0.15, 0.2) is 0 Å². The smallest absolute Gasteiger partial charge is 0.262 e. The summed E-state index contributed by atoms with van der Waals surface area (Å²) in [6.45, 7) is 2.41. The number of nitrogens with one attached hydrogen (secondary N) is 1. The van der Waals surface area contributed by atoms with Crippen molar-refractivity contribution in [1.29, 1.82) is 0 Å². The van der Waals surface area contributed by atoms with Crippen LogP contribution in [-0.2, 0) is 12.1 Å². The zero-order chi connectivity index (χ0) is 14.4. The number of hydrogen-bond acceptors (Lipinski definition) is 3. The van der Waals surface area contributed by atoms with Crippen molar-refractivity contribution in [2.75, 3.05) is 6.54 Å². The predicted octanol–water partition coefficient (Wildman–Crippen LogP) is 3.39. The van der Waals surface area contributed by atoms with E-state index in [-0.39, 0.29) is 17.3 Å². The van der Waals surface area contributed by atoms with Crippen LogP contribution in [0.4, 0.5) is 0 Å². The number of nitro groups is 1. The summed E-state index contributed by atoms with van der Waals surface area (Å²) in [5.41, 5.74) is 0.335. The third-order valence-corrected chi connectivity index (χ3v) is 3.34. The van der Waals surface area contributed by atoms with Crippen molar-refractivity contribution in [3.8, 4) is 0 Å². The molecule has 1 unspecified atom stereocenters. The Bertz CT molecular complexity index is 563. The molecule has 2 aromatic carbocycles. The molecule has 0 aromatic heterocycles. The van der Waals surface area contributed by atoms with Crippen molar-refractivity contribution in [3.05, 3.63) is 81.9 Å². The summed E-state index contributed by atoms with van der Waals surface area (Å²) in [7, 11) is 0. The summed E-state index contributed by atoms with van der Waals surface area (Å²) >= 11 is 0. The molecular formula is C16H19ClN2O2. The highest BCUT2D eigenvalue weighted by Gasteiger charge is 2.44. The van der Waals surface area contributed by atoms with Crippen molar-refractivity contribution in [1.82, 2.24) is 5.32 Å². The predicted molar refractivity (Wildman–Crippen MR) is 86.2 cm³/mol. The van der Waals surface area contributed by atoms with Crippen LogP contribution in [0.15, 0.2) is 60.7 Å². The Morgan fingerprint density at radius 1 is 1.05 bits per heavy atom. The topological polar surface area (TPSA) is 55.2 Å². The van der Waals surface area contributed by atoms with Crippen molar-refractivity contribution in [2.45, 2.75) is 19.0 Å². The first kappa shape index (κ1) is 17.1. The molecule has 0 bridgehead atoms. The van der Waals surface area contributed by atoms with Crippen molar-refractivity contribution in [2.24, 2.45) is 0 Å². The van der Waals surface area contributed by atoms with Crippen LogP contribution in [0.5, 0.6) is 0 Å². The van der Waals surface area contributed by atoms with Gasteiger partial charge in [-0.05, 0) is 12.1 Å². The van der Waals surface area contributed by atoms with Crippen molar-refractivity contribution in [3.63, 3.8) is 0 Å². The van der Waals surface area contributed by atoms with Gasteiger partial charge in [-0.2, -0.15) is 0 Å². The second kappa shape index (κ2) is 7.76. The highest BCUT2D eigenvalue weighted by atomic mass is 35.5. The molecule has 1 atom stereocenters. The SMILES string of the molecule is CCNC(Cc1ccccc1)(c1ccccc1)[N+](=O)[O-].Cl. The number of benzene rings is 2. The van der Waals surface area contributed by atoms with Gasteiger partial charge in [-0.25, -0.2) is 5.32 Å². The molecule has 112 valence electrons. The van der Waals surface area contributed by atoms with Gasteiger partial charge in [0.05, 0.1) is 6.42 Å². The van der Waals surface area contributed by atoms with Gasteiger partial charge in [-0.15, -0.1) is 12.4 Å². The van der Waals surface area contributed by atoms with Crippen molar-refractivity contribution >= 4 is 12.4 Å². The van der Waals surface area contributed by atoms with Gasteiger partial charge in [0.2, 0.25) is 0 Å². The molecule has 2 rings (SSSR count). The number of nitrogens with zero attached hydrogens (tertiary/aromatic N) is 1. The summed E-state index contributed by atoms with van der Waals surface area (Å²) in [4.78, 5) is 11.5. The maximum absolute atomic E-state index is 11.8. The highest BCUT2D eigenvalue weighted by molar-refractivity contribution is 5.85. The second-order valence-corrected chi connectivity index (χ2v) is 4.68. The molecule has 0 radical (unpaired) electrons. The lowest BCUT2D eigenvalue weighted by molar-refractivity contribution is -0.588. The number of hydrogen-bond donors (Lipinski definition) is 1. The van der Waals surface area contributed by atoms with Crippen molar-refractivity contribution < 1.29 is 4.92 Å². The molecule has 0 fully saturated rings. The van der Waals surface area contributed by atoms with Crippen LogP contribution in [0.25, 0.3) is 0 Å². The lowest BCUT2D eigenvalue weighted by Gasteiger charge is -2.26. The van der Waals surface area contributed by atoms with E-state index in [0.29, 0.717) is 18.5 Å². The van der Waals surface area contributed by atoms with Gasteiger partial charge in [-0.1, -0.05) is 67.6 Å². The molecule has 0 saturated heterocycles. The Labute approximate surface area is 130 Å². The monoisotopic (exact) mass is 306 g/mol. The first-order valence-electron chi connectivity index (χ1n) is 6.68. The first-order valence-corrected chi connectivity index (χ1v) is 6.68. The largest absolute Gasteiger partial charge is 0.304 e. The quantitative estimate of drug-likeness (QED) is 0.505. The van der Waals surface area contributed by atoms with Crippen LogP contribution in [0.2, 0.25) is 0 Å². The Hall–Kier alpha value is -1.91. The number of halogens is 1. The molecule has 0 aliphatic carbocycles. The summed E-state index contributed by atoms with van der Waals surface area (Å²) in [6, 6.07) is 18.7. The van der Waals surface area contributed by atoms with Crippen LogP contribution in [0, 0.1) is 10.1 Å². The minimum Gasteiger partial charge on any atom is -0.262 e. The maximum atomic E-state index is 11.8. The summed E-state index contributed by atoms with van der Waals surface area (Å²) < 4.78 is 0. The molecule has 1 N–H and O–H groups in total. The van der Waals surface area contributed by atoms with E-state index in [0.717, 1.165) is 5.56 Å². The second-order valence-electron chi connectivity index (χ2n) is 4.68. The van der Waals surface area contributed by atoms with Gasteiger partial charge < -0.3 is 0 Å². The third-order valence-electron chi connectivity index (χ3n) is 3.34. The summed E-state index contributed by atoms with van der Waals surface area (Å²) in [5, 5.41) is 14.8. The minimum atomic E-state index is -1.28. The minimum absolute atomic E-state index is 0. The summed E-state index contributed by atoms with van der Waals surface area (Å²) in [5.74, 6) is 0. The molecule has 0 aliphatic heterocycles. The molecule has 0 aliphatic rings. The van der Waals surface area contributed by atoms with E-state index in [9.17, 15) is 10.1 Å². The fraction of sp³-hybridized carbons (Fsp3) is 0.250. The Balaban J connectivity index is 0.00000220. The van der Waals surface area contributed by atoms with Gasteiger partial charge in [0.25, 0.3) is 0 Å². The average Bonchev–Trinajstić information content (AvgIpc) is 2.48. The number of rotatable bonds is 6. The lowest BCUT2D eigenvalue weighted by Crippen LogP contribution is -2.50. The molecule has 0 amide bonds. The van der Waals surface area contributed by atoms with Crippen LogP contribution in [0.3, 0.4) is 0 Å². The van der Waals surface area contributed by atoms with Crippen LogP contribution in [0.1, 0.15) is 18.1 Å². The van der Waals surface area contributed by atoms with E-state index in [4.69, 9.17) is 0 Å². The van der Waals surface area contributed by atoms with Crippen LogP contribution >= 0.6 is 12.4 Å². The Morgan fingerprint density at radius 2 is 1.57 bits per heavy atom. The molecule has 0 heterocycles. The molecule has 4 nitrogen and oxygen atoms in total. The lowest BCUT2D eigenvalue weighted by atomic mass is 9.92. The van der Waals surface area contributed by atoms with E-state index >= 15 is 0 Å². The van der Waals surface area contributed by atoms with E-state index in [1.165, 1.54) is 0 Å². The third kappa shape index (κ3) is 3.80. The molecule has 2 aromatic rings. The fourth-order valence-corrected chi connectivity index (χ4v) is 2.40.